The van der Waals surface area contributed by atoms with Gasteiger partial charge in [0.05, 0.1) is 25.9 Å². The molecule has 0 saturated heterocycles. The lowest BCUT2D eigenvalue weighted by atomic mass is 10.1. The minimum atomic E-state index is -0.707. The summed E-state index contributed by atoms with van der Waals surface area (Å²) in [5.41, 5.74) is 1.55. The number of aromatic hydroxyl groups is 1. The van der Waals surface area contributed by atoms with Gasteiger partial charge in [-0.25, -0.2) is 14.2 Å². The summed E-state index contributed by atoms with van der Waals surface area (Å²) in [7, 11) is 1.23. The quantitative estimate of drug-likeness (QED) is 0.533. The summed E-state index contributed by atoms with van der Waals surface area (Å²) in [6, 6.07) is 2.40. The number of aliphatic imine (C=N–C) groups is 2. The molecule has 3 rings (SSSR count). The summed E-state index contributed by atoms with van der Waals surface area (Å²) in [5, 5.41) is 18.8. The first-order chi connectivity index (χ1) is 13.9. The van der Waals surface area contributed by atoms with Crippen molar-refractivity contribution in [1.29, 1.82) is 0 Å². The topological polar surface area (TPSA) is 128 Å². The number of amides is 2. The summed E-state index contributed by atoms with van der Waals surface area (Å²) in [4.78, 5) is 33.7. The molecule has 12 heteroatoms. The molecule has 0 bridgehead atoms. The number of carbonyl (C=O) groups excluding carboxylic acids is 2. The van der Waals surface area contributed by atoms with Crippen molar-refractivity contribution in [2.45, 2.75) is 26.1 Å². The van der Waals surface area contributed by atoms with Crippen molar-refractivity contribution in [3.8, 4) is 5.75 Å². The number of alkyl halides is 1. The van der Waals surface area contributed by atoms with Crippen LogP contribution in [0.3, 0.4) is 0 Å². The molecule has 2 aliphatic heterocycles. The Labute approximate surface area is 170 Å². The van der Waals surface area contributed by atoms with Gasteiger partial charge in [-0.15, -0.1) is 0 Å². The molecule has 1 unspecified atom stereocenters. The second-order valence-electron chi connectivity index (χ2n) is 6.13. The van der Waals surface area contributed by atoms with Gasteiger partial charge in [-0.1, -0.05) is 18.7 Å². The molecule has 0 radical (unpaired) electrons. The predicted octanol–water partition coefficient (Wildman–Crippen LogP) is 2.04. The Morgan fingerprint density at radius 1 is 1.48 bits per heavy atom. The maximum atomic E-state index is 12.8. The highest BCUT2D eigenvalue weighted by atomic mass is 32.2. The largest absolute Gasteiger partial charge is 0.506 e. The lowest BCUT2D eigenvalue weighted by Crippen LogP contribution is -2.52. The Bertz CT molecular complexity index is 878. The number of anilines is 2. The van der Waals surface area contributed by atoms with E-state index in [1.165, 1.54) is 13.2 Å². The van der Waals surface area contributed by atoms with Gasteiger partial charge < -0.3 is 25.4 Å². The maximum absolute atomic E-state index is 12.8. The lowest BCUT2D eigenvalue weighted by Gasteiger charge is -2.39. The number of halogens is 1. The van der Waals surface area contributed by atoms with Crippen molar-refractivity contribution in [2.24, 2.45) is 9.98 Å². The summed E-state index contributed by atoms with van der Waals surface area (Å²) >= 11 is 0.854. The molecule has 29 heavy (non-hydrogen) atoms. The Balaban J connectivity index is 1.88. The predicted molar refractivity (Wildman–Crippen MR) is 109 cm³/mol. The van der Waals surface area contributed by atoms with Gasteiger partial charge in [-0.05, 0) is 11.6 Å². The van der Waals surface area contributed by atoms with Crippen LogP contribution in [0.2, 0.25) is 0 Å². The van der Waals surface area contributed by atoms with E-state index in [0.717, 1.165) is 17.3 Å². The molecule has 0 aromatic heterocycles. The average molecular weight is 424 g/mol. The minimum absolute atomic E-state index is 0.121. The van der Waals surface area contributed by atoms with Crippen LogP contribution in [0.5, 0.6) is 5.75 Å². The van der Waals surface area contributed by atoms with Crippen molar-refractivity contribution in [3.05, 3.63) is 17.7 Å². The van der Waals surface area contributed by atoms with Gasteiger partial charge in [0, 0.05) is 18.2 Å². The fourth-order valence-corrected chi connectivity index (χ4v) is 3.30. The number of thioether (sulfide) groups is 1. The Hall–Kier alpha value is -3.02. The molecule has 156 valence electrons. The second-order valence-corrected chi connectivity index (χ2v) is 7.01. The maximum Gasteiger partial charge on any atom is 0.411 e. The van der Waals surface area contributed by atoms with E-state index in [4.69, 9.17) is 0 Å². The van der Waals surface area contributed by atoms with E-state index in [2.05, 4.69) is 30.7 Å². The van der Waals surface area contributed by atoms with Crippen molar-refractivity contribution in [3.63, 3.8) is 0 Å². The molecule has 4 N–H and O–H groups in total. The summed E-state index contributed by atoms with van der Waals surface area (Å²) in [6.45, 7) is 2.32. The van der Waals surface area contributed by atoms with E-state index in [9.17, 15) is 19.1 Å². The molecule has 0 spiro atoms. The minimum Gasteiger partial charge on any atom is -0.506 e. The number of ether oxygens (including phenoxy) is 1. The number of nitrogens with one attached hydrogen (secondary N) is 3. The summed E-state index contributed by atoms with van der Waals surface area (Å²) in [6.07, 6.45) is -0.854. The molecule has 1 atom stereocenters. The number of methoxy groups -OCH3 is 1. The normalized spacial score (nSPS) is 17.2. The molecule has 10 nitrogen and oxygen atoms in total. The number of hydrogen-bond acceptors (Lipinski definition) is 9. The highest BCUT2D eigenvalue weighted by Crippen LogP contribution is 2.35. The highest BCUT2D eigenvalue weighted by molar-refractivity contribution is 8.13. The number of fused-ring (bicyclic) bond motifs is 2. The fraction of sp³-hybridized carbons (Fsp3) is 0.412. The highest BCUT2D eigenvalue weighted by Gasteiger charge is 2.32. The number of amidine groups is 1. The molecular weight excluding hydrogens is 403 g/mol. The van der Waals surface area contributed by atoms with Gasteiger partial charge in [0.2, 0.25) is 11.9 Å². The third kappa shape index (κ3) is 4.70. The first-order valence-electron chi connectivity index (χ1n) is 8.81. The number of benzene rings is 1. The monoisotopic (exact) mass is 424 g/mol. The number of phenolic OH excluding ortho intramolecular Hbond substituents is 1. The van der Waals surface area contributed by atoms with Crippen molar-refractivity contribution >= 4 is 46.3 Å². The van der Waals surface area contributed by atoms with E-state index in [-0.39, 0.29) is 29.1 Å². The molecule has 2 aliphatic rings. The molecule has 0 saturated carbocycles. The smallest absolute Gasteiger partial charge is 0.411 e. The van der Waals surface area contributed by atoms with Crippen LogP contribution in [0.15, 0.2) is 22.1 Å². The number of guanidine groups is 1. The first kappa shape index (κ1) is 20.7. The van der Waals surface area contributed by atoms with Crippen LogP contribution in [0.25, 0.3) is 0 Å². The summed E-state index contributed by atoms with van der Waals surface area (Å²) < 4.78 is 17.4. The molecule has 1 aromatic carbocycles. The van der Waals surface area contributed by atoms with E-state index < -0.39 is 18.3 Å². The van der Waals surface area contributed by atoms with Crippen LogP contribution in [0, 0.1) is 0 Å². The van der Waals surface area contributed by atoms with Crippen molar-refractivity contribution in [1.82, 2.24) is 10.2 Å². The molecule has 2 amide bonds. The zero-order chi connectivity index (χ0) is 21.0. The van der Waals surface area contributed by atoms with Crippen LogP contribution in [-0.2, 0) is 16.1 Å². The van der Waals surface area contributed by atoms with Crippen LogP contribution in [0.1, 0.15) is 18.9 Å². The number of hydrogen-bond donors (Lipinski definition) is 4. The lowest BCUT2D eigenvalue weighted by molar-refractivity contribution is -0.120. The average Bonchev–Trinajstić information content (AvgIpc) is 2.71. The molecule has 0 fully saturated rings. The first-order valence-corrected chi connectivity index (χ1v) is 9.80. The number of nitrogens with zero attached hydrogens (tertiary/aromatic N) is 3. The van der Waals surface area contributed by atoms with E-state index in [1.807, 2.05) is 4.90 Å². The number of rotatable bonds is 5. The molecule has 0 aliphatic carbocycles. The zero-order valence-corrected chi connectivity index (χ0v) is 16.7. The van der Waals surface area contributed by atoms with Gasteiger partial charge in [0.1, 0.15) is 17.9 Å². The number of carbonyl (C=O) groups is 2. The van der Waals surface area contributed by atoms with Gasteiger partial charge in [-0.3, -0.25) is 10.1 Å². The second kappa shape index (κ2) is 8.99. The van der Waals surface area contributed by atoms with E-state index in [0.29, 0.717) is 24.6 Å². The molecule has 1 aromatic rings. The van der Waals surface area contributed by atoms with Gasteiger partial charge in [-0.2, -0.15) is 4.99 Å². The van der Waals surface area contributed by atoms with Crippen LogP contribution in [-0.4, -0.2) is 59.0 Å². The van der Waals surface area contributed by atoms with E-state index in [1.54, 1.807) is 13.0 Å². The fourth-order valence-electron chi connectivity index (χ4n) is 2.85. The summed E-state index contributed by atoms with van der Waals surface area (Å²) in [5.74, 6) is 0.168. The van der Waals surface area contributed by atoms with Crippen LogP contribution >= 0.6 is 11.8 Å². The Morgan fingerprint density at radius 3 is 2.97 bits per heavy atom. The number of phenols is 1. The zero-order valence-electron chi connectivity index (χ0n) is 15.9. The molecular formula is C17H21FN6O4S. The van der Waals surface area contributed by atoms with Gasteiger partial charge in [0.25, 0.3) is 0 Å². The van der Waals surface area contributed by atoms with E-state index >= 15 is 0 Å². The van der Waals surface area contributed by atoms with Crippen LogP contribution < -0.4 is 16.0 Å². The van der Waals surface area contributed by atoms with Gasteiger partial charge >= 0.3 is 6.09 Å². The molecule has 2 heterocycles. The SMILES string of the molecule is CCC(=O)NCC1N=C(SCF)N=C2Nc3cc(O)c(NC(=O)OC)cc3CN21. The van der Waals surface area contributed by atoms with Gasteiger partial charge in [0.15, 0.2) is 5.17 Å². The van der Waals surface area contributed by atoms with Crippen LogP contribution in [0.4, 0.5) is 20.6 Å². The third-order valence-electron chi connectivity index (χ3n) is 4.31. The standard InChI is InChI=1S/C17H21FN6O4S/c1-3-14(26)19-6-13-22-16(29-8-18)23-15-20-10-5-12(25)11(21-17(27)28-2)4-9(10)7-24(13)15/h4-5,13,25H,3,6-8H2,1-2H3,(H,19,26)(H,21,27)(H,20,22,23). The van der Waals surface area contributed by atoms with Crippen molar-refractivity contribution < 1.29 is 23.8 Å². The Kier molecular flexibility index (Phi) is 6.42. The third-order valence-corrected chi connectivity index (χ3v) is 4.87. The van der Waals surface area contributed by atoms with Crippen molar-refractivity contribution in [2.75, 3.05) is 30.3 Å². The Morgan fingerprint density at radius 2 is 2.28 bits per heavy atom.